The third-order valence-corrected chi connectivity index (χ3v) is 2.17. The third-order valence-electron chi connectivity index (χ3n) is 2.17. The highest BCUT2D eigenvalue weighted by molar-refractivity contribution is 5.90. The molecule has 0 unspecified atom stereocenters. The molecule has 7 heteroatoms. The summed E-state index contributed by atoms with van der Waals surface area (Å²) in [4.78, 5) is 34.2. The van der Waals surface area contributed by atoms with Crippen LogP contribution in [0.5, 0.6) is 0 Å². The Labute approximate surface area is 111 Å². The molecule has 0 aliphatic heterocycles. The van der Waals surface area contributed by atoms with Gasteiger partial charge in [-0.3, -0.25) is 4.79 Å². The lowest BCUT2D eigenvalue weighted by atomic mass is 9.91. The standard InChI is InChI=1S/C12H17NO6/c1-4-7-12(13-11(16)17,10(15)19-6-3)8-9(14)18-5-2/h1,13H,5-8H2,2-3H3,(H,16,17)/t12-/m0/s1. The summed E-state index contributed by atoms with van der Waals surface area (Å²) >= 11 is 0. The second-order valence-electron chi connectivity index (χ2n) is 3.60. The summed E-state index contributed by atoms with van der Waals surface area (Å²) < 4.78 is 9.48. The molecule has 2 N–H and O–H groups in total. The van der Waals surface area contributed by atoms with Crippen LogP contribution in [0, 0.1) is 12.3 Å². The van der Waals surface area contributed by atoms with Crippen LogP contribution in [0.1, 0.15) is 26.7 Å². The second kappa shape index (κ2) is 7.97. The van der Waals surface area contributed by atoms with Crippen molar-refractivity contribution in [3.63, 3.8) is 0 Å². The van der Waals surface area contributed by atoms with E-state index in [1.54, 1.807) is 13.8 Å². The molecule has 19 heavy (non-hydrogen) atoms. The van der Waals surface area contributed by atoms with E-state index in [2.05, 4.69) is 5.92 Å². The maximum absolute atomic E-state index is 11.9. The van der Waals surface area contributed by atoms with Gasteiger partial charge in [0.2, 0.25) is 0 Å². The molecule has 0 radical (unpaired) electrons. The van der Waals surface area contributed by atoms with Crippen molar-refractivity contribution >= 4 is 18.0 Å². The van der Waals surface area contributed by atoms with E-state index in [1.165, 1.54) is 0 Å². The zero-order valence-corrected chi connectivity index (χ0v) is 10.9. The third kappa shape index (κ3) is 5.29. The number of carbonyl (C=O) groups excluding carboxylic acids is 2. The van der Waals surface area contributed by atoms with Gasteiger partial charge in [0.25, 0.3) is 0 Å². The molecule has 0 saturated heterocycles. The first-order chi connectivity index (χ1) is 8.91. The summed E-state index contributed by atoms with van der Waals surface area (Å²) in [6.07, 6.45) is 2.83. The second-order valence-corrected chi connectivity index (χ2v) is 3.60. The SMILES string of the molecule is C#CC[C@@](CC(=O)OCC)(NC(=O)O)C(=O)OCC. The number of ether oxygens (including phenoxy) is 2. The zero-order valence-electron chi connectivity index (χ0n) is 10.9. The Morgan fingerprint density at radius 1 is 1.26 bits per heavy atom. The lowest BCUT2D eigenvalue weighted by Gasteiger charge is -2.28. The molecule has 7 nitrogen and oxygen atoms in total. The van der Waals surface area contributed by atoms with Crippen LogP contribution in [-0.2, 0) is 19.1 Å². The lowest BCUT2D eigenvalue weighted by Crippen LogP contribution is -2.56. The van der Waals surface area contributed by atoms with Crippen LogP contribution >= 0.6 is 0 Å². The summed E-state index contributed by atoms with van der Waals surface area (Å²) in [5.74, 6) is 0.530. The van der Waals surface area contributed by atoms with Crippen molar-refractivity contribution in [2.45, 2.75) is 32.2 Å². The van der Waals surface area contributed by atoms with Crippen molar-refractivity contribution in [3.05, 3.63) is 0 Å². The van der Waals surface area contributed by atoms with Crippen molar-refractivity contribution < 1.29 is 29.0 Å². The topological polar surface area (TPSA) is 102 Å². The Balaban J connectivity index is 5.24. The Bertz CT molecular complexity index is 386. The van der Waals surface area contributed by atoms with Gasteiger partial charge in [-0.2, -0.15) is 0 Å². The molecule has 0 bridgehead atoms. The molecule has 0 aromatic heterocycles. The molecule has 0 saturated carbocycles. The molecule has 0 aromatic carbocycles. The quantitative estimate of drug-likeness (QED) is 0.517. The Morgan fingerprint density at radius 3 is 2.26 bits per heavy atom. The zero-order chi connectivity index (χ0) is 14.9. The first-order valence-electron chi connectivity index (χ1n) is 5.69. The predicted molar refractivity (Wildman–Crippen MR) is 65.2 cm³/mol. The molecule has 1 amide bonds. The van der Waals surface area contributed by atoms with Gasteiger partial charge in [0.1, 0.15) is 0 Å². The van der Waals surface area contributed by atoms with E-state index >= 15 is 0 Å². The van der Waals surface area contributed by atoms with Gasteiger partial charge in [-0.15, -0.1) is 12.3 Å². The van der Waals surface area contributed by atoms with Gasteiger partial charge in [0.15, 0.2) is 5.54 Å². The van der Waals surface area contributed by atoms with Gasteiger partial charge in [-0.25, -0.2) is 9.59 Å². The Kier molecular flexibility index (Phi) is 7.04. The number of esters is 2. The monoisotopic (exact) mass is 271 g/mol. The molecule has 0 aromatic rings. The normalized spacial score (nSPS) is 12.7. The highest BCUT2D eigenvalue weighted by Crippen LogP contribution is 2.19. The average molecular weight is 271 g/mol. The first-order valence-corrected chi connectivity index (χ1v) is 5.69. The van der Waals surface area contributed by atoms with E-state index in [9.17, 15) is 14.4 Å². The summed E-state index contributed by atoms with van der Waals surface area (Å²) in [7, 11) is 0. The minimum atomic E-state index is -1.82. The molecule has 0 rings (SSSR count). The minimum absolute atomic E-state index is 0.0370. The molecular formula is C12H17NO6. The van der Waals surface area contributed by atoms with Crippen LogP contribution in [0.15, 0.2) is 0 Å². The number of hydrogen-bond donors (Lipinski definition) is 2. The fraction of sp³-hybridized carbons (Fsp3) is 0.583. The summed E-state index contributed by atoms with van der Waals surface area (Å²) in [5.41, 5.74) is -1.82. The smallest absolute Gasteiger partial charge is 0.405 e. The number of carboxylic acid groups (broad SMARTS) is 1. The largest absolute Gasteiger partial charge is 0.466 e. The maximum Gasteiger partial charge on any atom is 0.405 e. The predicted octanol–water partition coefficient (Wildman–Crippen LogP) is 0.532. The van der Waals surface area contributed by atoms with E-state index < -0.39 is 30.0 Å². The minimum Gasteiger partial charge on any atom is -0.466 e. The summed E-state index contributed by atoms with van der Waals surface area (Å²) in [6, 6.07) is 0. The molecular weight excluding hydrogens is 254 g/mol. The number of terminal acetylenes is 1. The van der Waals surface area contributed by atoms with E-state index in [-0.39, 0.29) is 19.6 Å². The maximum atomic E-state index is 11.9. The average Bonchev–Trinajstić information content (AvgIpc) is 2.28. The van der Waals surface area contributed by atoms with Crippen LogP contribution in [0.4, 0.5) is 4.79 Å². The van der Waals surface area contributed by atoms with Crippen molar-refractivity contribution in [2.75, 3.05) is 13.2 Å². The van der Waals surface area contributed by atoms with E-state index in [1.807, 2.05) is 5.32 Å². The fourth-order valence-electron chi connectivity index (χ4n) is 1.45. The van der Waals surface area contributed by atoms with Crippen molar-refractivity contribution in [1.82, 2.24) is 5.32 Å². The highest BCUT2D eigenvalue weighted by Gasteiger charge is 2.43. The summed E-state index contributed by atoms with van der Waals surface area (Å²) in [5, 5.41) is 10.8. The van der Waals surface area contributed by atoms with Gasteiger partial charge in [0, 0.05) is 6.42 Å². The van der Waals surface area contributed by atoms with Crippen molar-refractivity contribution in [3.8, 4) is 12.3 Å². The van der Waals surface area contributed by atoms with Crippen LogP contribution in [-0.4, -0.2) is 41.9 Å². The number of carbonyl (C=O) groups is 3. The Morgan fingerprint density at radius 2 is 1.84 bits per heavy atom. The van der Waals surface area contributed by atoms with Gasteiger partial charge in [0.05, 0.1) is 19.6 Å². The number of rotatable bonds is 7. The first kappa shape index (κ1) is 16.8. The molecule has 1 atom stereocenters. The van der Waals surface area contributed by atoms with Gasteiger partial charge >= 0.3 is 18.0 Å². The van der Waals surface area contributed by atoms with E-state index in [4.69, 9.17) is 21.0 Å². The van der Waals surface area contributed by atoms with Gasteiger partial charge in [-0.05, 0) is 13.8 Å². The van der Waals surface area contributed by atoms with Crippen molar-refractivity contribution in [1.29, 1.82) is 0 Å². The molecule has 0 aliphatic carbocycles. The molecule has 0 fully saturated rings. The van der Waals surface area contributed by atoms with Gasteiger partial charge < -0.3 is 19.9 Å². The van der Waals surface area contributed by atoms with E-state index in [0.29, 0.717) is 0 Å². The van der Waals surface area contributed by atoms with Crippen LogP contribution in [0.3, 0.4) is 0 Å². The van der Waals surface area contributed by atoms with Crippen LogP contribution in [0.2, 0.25) is 0 Å². The molecule has 0 aliphatic rings. The lowest BCUT2D eigenvalue weighted by molar-refractivity contribution is -0.157. The van der Waals surface area contributed by atoms with E-state index in [0.717, 1.165) is 0 Å². The van der Waals surface area contributed by atoms with Gasteiger partial charge in [-0.1, -0.05) is 0 Å². The number of hydrogen-bond acceptors (Lipinski definition) is 5. The number of amides is 1. The summed E-state index contributed by atoms with van der Waals surface area (Å²) in [6.45, 7) is 3.30. The molecule has 0 heterocycles. The van der Waals surface area contributed by atoms with Crippen molar-refractivity contribution in [2.24, 2.45) is 0 Å². The Hall–Kier alpha value is -2.23. The highest BCUT2D eigenvalue weighted by atomic mass is 16.5. The van der Waals surface area contributed by atoms with Crippen LogP contribution < -0.4 is 5.32 Å². The molecule has 0 spiro atoms. The molecule has 106 valence electrons. The van der Waals surface area contributed by atoms with Crippen LogP contribution in [0.25, 0.3) is 0 Å². The number of nitrogens with one attached hydrogen (secondary N) is 1. The fourth-order valence-corrected chi connectivity index (χ4v) is 1.45.